The van der Waals surface area contributed by atoms with Crippen molar-refractivity contribution in [3.05, 3.63) is 27.7 Å². The molecule has 0 fully saturated rings. The van der Waals surface area contributed by atoms with E-state index in [1.54, 1.807) is 16.9 Å². The van der Waals surface area contributed by atoms with E-state index in [1.807, 2.05) is 0 Å². The van der Waals surface area contributed by atoms with E-state index in [9.17, 15) is 0 Å². The first kappa shape index (κ1) is 9.91. The van der Waals surface area contributed by atoms with Crippen LogP contribution >= 0.6 is 11.3 Å². The number of aromatic nitrogens is 1. The first-order chi connectivity index (χ1) is 6.84. The maximum absolute atomic E-state index is 4.49. The van der Waals surface area contributed by atoms with Gasteiger partial charge in [0.15, 0.2) is 0 Å². The summed E-state index contributed by atoms with van der Waals surface area (Å²) in [5, 5.41) is 3.44. The SMILES string of the molecule is Cc1csc(CCC2=CCCCC2)n1. The van der Waals surface area contributed by atoms with Gasteiger partial charge in [-0.2, -0.15) is 0 Å². The van der Waals surface area contributed by atoms with Crippen LogP contribution in [0.1, 0.15) is 42.8 Å². The van der Waals surface area contributed by atoms with Gasteiger partial charge >= 0.3 is 0 Å². The van der Waals surface area contributed by atoms with Crippen LogP contribution in [-0.2, 0) is 6.42 Å². The molecule has 1 nitrogen and oxygen atoms in total. The lowest BCUT2D eigenvalue weighted by Gasteiger charge is -2.11. The van der Waals surface area contributed by atoms with E-state index in [0.717, 1.165) is 6.42 Å². The molecule has 0 aromatic carbocycles. The molecule has 2 rings (SSSR count). The highest BCUT2D eigenvalue weighted by atomic mass is 32.1. The Hall–Kier alpha value is -0.630. The Morgan fingerprint density at radius 3 is 2.93 bits per heavy atom. The molecule has 0 spiro atoms. The largest absolute Gasteiger partial charge is 0.247 e. The van der Waals surface area contributed by atoms with Crippen LogP contribution in [0.5, 0.6) is 0 Å². The molecule has 1 aliphatic carbocycles. The van der Waals surface area contributed by atoms with Crippen LogP contribution in [0.4, 0.5) is 0 Å². The van der Waals surface area contributed by atoms with E-state index in [1.165, 1.54) is 42.8 Å². The van der Waals surface area contributed by atoms with Crippen LogP contribution in [0.2, 0.25) is 0 Å². The number of thiazole rings is 1. The summed E-state index contributed by atoms with van der Waals surface area (Å²) in [4.78, 5) is 4.49. The van der Waals surface area contributed by atoms with Crippen LogP contribution in [0.25, 0.3) is 0 Å². The molecule has 0 atom stereocenters. The van der Waals surface area contributed by atoms with Crippen molar-refractivity contribution in [3.63, 3.8) is 0 Å². The number of allylic oxidation sites excluding steroid dienone is 2. The molecule has 0 bridgehead atoms. The molecule has 1 aromatic rings. The first-order valence-electron chi connectivity index (χ1n) is 5.43. The molecule has 0 radical (unpaired) electrons. The maximum Gasteiger partial charge on any atom is 0.0931 e. The highest BCUT2D eigenvalue weighted by Gasteiger charge is 2.05. The van der Waals surface area contributed by atoms with Crippen molar-refractivity contribution < 1.29 is 0 Å². The van der Waals surface area contributed by atoms with Gasteiger partial charge in [0.1, 0.15) is 0 Å². The fourth-order valence-corrected chi connectivity index (χ4v) is 2.69. The Bertz CT molecular complexity index is 325. The molecule has 0 saturated heterocycles. The van der Waals surface area contributed by atoms with E-state index in [4.69, 9.17) is 0 Å². The summed E-state index contributed by atoms with van der Waals surface area (Å²) in [5.41, 5.74) is 2.83. The normalized spacial score (nSPS) is 16.8. The molecule has 2 heteroatoms. The second-order valence-electron chi connectivity index (χ2n) is 3.99. The van der Waals surface area contributed by atoms with Crippen molar-refractivity contribution in [2.75, 3.05) is 0 Å². The minimum Gasteiger partial charge on any atom is -0.247 e. The standard InChI is InChI=1S/C12H17NS/c1-10-9-14-12(13-10)8-7-11-5-3-2-4-6-11/h5,9H,2-4,6-8H2,1H3. The predicted molar refractivity (Wildman–Crippen MR) is 61.7 cm³/mol. The lowest BCUT2D eigenvalue weighted by Crippen LogP contribution is -1.94. The summed E-state index contributed by atoms with van der Waals surface area (Å²) in [7, 11) is 0. The number of aryl methyl sites for hydroxylation is 2. The van der Waals surface area contributed by atoms with Crippen LogP contribution in [0.15, 0.2) is 17.0 Å². The summed E-state index contributed by atoms with van der Waals surface area (Å²) >= 11 is 1.80. The van der Waals surface area contributed by atoms with Gasteiger partial charge in [0.2, 0.25) is 0 Å². The number of hydrogen-bond donors (Lipinski definition) is 0. The number of nitrogens with zero attached hydrogens (tertiary/aromatic N) is 1. The average molecular weight is 207 g/mol. The van der Waals surface area contributed by atoms with E-state index >= 15 is 0 Å². The fraction of sp³-hybridized carbons (Fsp3) is 0.583. The van der Waals surface area contributed by atoms with Crippen LogP contribution in [0, 0.1) is 6.92 Å². The second-order valence-corrected chi connectivity index (χ2v) is 4.93. The quantitative estimate of drug-likeness (QED) is 0.685. The van der Waals surface area contributed by atoms with Crippen molar-refractivity contribution in [2.24, 2.45) is 0 Å². The zero-order chi connectivity index (χ0) is 9.80. The first-order valence-corrected chi connectivity index (χ1v) is 6.31. The van der Waals surface area contributed by atoms with Crippen molar-refractivity contribution in [1.29, 1.82) is 0 Å². The monoisotopic (exact) mass is 207 g/mol. The summed E-state index contributed by atoms with van der Waals surface area (Å²) < 4.78 is 0. The third-order valence-corrected chi connectivity index (χ3v) is 3.74. The molecular weight excluding hydrogens is 190 g/mol. The molecule has 1 heterocycles. The smallest absolute Gasteiger partial charge is 0.0931 e. The third kappa shape index (κ3) is 2.68. The van der Waals surface area contributed by atoms with E-state index in [2.05, 4.69) is 23.4 Å². The third-order valence-electron chi connectivity index (χ3n) is 2.71. The van der Waals surface area contributed by atoms with Gasteiger partial charge in [-0.1, -0.05) is 11.6 Å². The molecule has 14 heavy (non-hydrogen) atoms. The lowest BCUT2D eigenvalue weighted by molar-refractivity contribution is 0.673. The van der Waals surface area contributed by atoms with Gasteiger partial charge in [-0.15, -0.1) is 11.3 Å². The Labute approximate surface area is 89.9 Å². The Balaban J connectivity index is 1.84. The average Bonchev–Trinajstić information content (AvgIpc) is 2.63. The molecule has 1 aliphatic rings. The molecule has 76 valence electrons. The van der Waals surface area contributed by atoms with E-state index in [-0.39, 0.29) is 0 Å². The van der Waals surface area contributed by atoms with Crippen molar-refractivity contribution in [2.45, 2.75) is 45.4 Å². The Morgan fingerprint density at radius 2 is 2.29 bits per heavy atom. The maximum atomic E-state index is 4.49. The minimum absolute atomic E-state index is 1.14. The summed E-state index contributed by atoms with van der Waals surface area (Å²) in [5.74, 6) is 0. The predicted octanol–water partition coefficient (Wildman–Crippen LogP) is 3.88. The van der Waals surface area contributed by atoms with E-state index < -0.39 is 0 Å². The minimum atomic E-state index is 1.14. The van der Waals surface area contributed by atoms with Gasteiger partial charge in [-0.25, -0.2) is 4.98 Å². The van der Waals surface area contributed by atoms with Crippen LogP contribution < -0.4 is 0 Å². The molecule has 0 aliphatic heterocycles. The zero-order valence-corrected chi connectivity index (χ0v) is 9.57. The second kappa shape index (κ2) is 4.74. The molecule has 0 unspecified atom stereocenters. The van der Waals surface area contributed by atoms with Crippen LogP contribution in [0.3, 0.4) is 0 Å². The van der Waals surface area contributed by atoms with Gasteiger partial charge < -0.3 is 0 Å². The molecule has 0 amide bonds. The van der Waals surface area contributed by atoms with Gasteiger partial charge in [0.05, 0.1) is 5.01 Å². The van der Waals surface area contributed by atoms with Crippen molar-refractivity contribution >= 4 is 11.3 Å². The lowest BCUT2D eigenvalue weighted by atomic mass is 9.96. The van der Waals surface area contributed by atoms with Crippen LogP contribution in [-0.4, -0.2) is 4.98 Å². The molecule has 0 N–H and O–H groups in total. The number of rotatable bonds is 3. The van der Waals surface area contributed by atoms with Crippen molar-refractivity contribution in [3.8, 4) is 0 Å². The highest BCUT2D eigenvalue weighted by molar-refractivity contribution is 7.09. The van der Waals surface area contributed by atoms with E-state index in [0.29, 0.717) is 0 Å². The molecule has 1 aromatic heterocycles. The Kier molecular flexibility index (Phi) is 3.35. The number of hydrogen-bond acceptors (Lipinski definition) is 2. The molecule has 0 saturated carbocycles. The van der Waals surface area contributed by atoms with Crippen molar-refractivity contribution in [1.82, 2.24) is 4.98 Å². The summed E-state index contributed by atoms with van der Waals surface area (Å²) in [6.07, 6.45) is 10.2. The van der Waals surface area contributed by atoms with Gasteiger partial charge in [0.25, 0.3) is 0 Å². The van der Waals surface area contributed by atoms with Gasteiger partial charge in [0, 0.05) is 17.5 Å². The fourth-order valence-electron chi connectivity index (χ4n) is 1.92. The highest BCUT2D eigenvalue weighted by Crippen LogP contribution is 2.22. The summed E-state index contributed by atoms with van der Waals surface area (Å²) in [6, 6.07) is 0. The summed E-state index contributed by atoms with van der Waals surface area (Å²) in [6.45, 7) is 2.07. The topological polar surface area (TPSA) is 12.9 Å². The molecular formula is C12H17NS. The Morgan fingerprint density at radius 1 is 1.36 bits per heavy atom. The van der Waals surface area contributed by atoms with Gasteiger partial charge in [-0.3, -0.25) is 0 Å². The zero-order valence-electron chi connectivity index (χ0n) is 8.75. The van der Waals surface area contributed by atoms with Gasteiger partial charge in [-0.05, 0) is 39.0 Å².